The minimum Gasteiger partial charge on any atom is -0.312 e. The van der Waals surface area contributed by atoms with Crippen molar-refractivity contribution in [2.45, 2.75) is 34.1 Å². The number of amides is 2. The van der Waals surface area contributed by atoms with Gasteiger partial charge in [-0.25, -0.2) is 4.90 Å². The summed E-state index contributed by atoms with van der Waals surface area (Å²) in [6, 6.07) is 43.1. The first-order valence-electron chi connectivity index (χ1n) is 18.0. The van der Waals surface area contributed by atoms with Gasteiger partial charge < -0.3 is 4.57 Å². The van der Waals surface area contributed by atoms with Gasteiger partial charge in [-0.15, -0.1) is 0 Å². The molecule has 1 atom stereocenters. The predicted octanol–water partition coefficient (Wildman–Crippen LogP) is 11.6. The molecule has 4 heteroatoms. The molecule has 252 valence electrons. The van der Waals surface area contributed by atoms with E-state index in [1.54, 1.807) is 6.07 Å². The summed E-state index contributed by atoms with van der Waals surface area (Å²) in [6.07, 6.45) is 5.34. The van der Waals surface area contributed by atoms with Gasteiger partial charge in [0.05, 0.1) is 28.0 Å². The third-order valence-electron chi connectivity index (χ3n) is 10.7. The average molecular weight is 675 g/mol. The quantitative estimate of drug-likeness (QED) is 0.171. The van der Waals surface area contributed by atoms with Crippen molar-refractivity contribution in [2.75, 3.05) is 4.90 Å². The van der Waals surface area contributed by atoms with Crippen molar-refractivity contribution in [3.05, 3.63) is 173 Å². The SMILES string of the molecule is Cc1cc(C)c(-c2ccc3c(c2)c2c(n3-c3cccc4c3C(=O)N(c3ccc(-c5ccccc5)cc3-c3ccccc3)C4=O)CC(C)C=C2)c(C)c1. The normalized spacial score (nSPS) is 15.0. The number of hydrogen-bond donors (Lipinski definition) is 0. The zero-order valence-corrected chi connectivity index (χ0v) is 29.8. The van der Waals surface area contributed by atoms with E-state index in [-0.39, 0.29) is 11.8 Å². The minimum atomic E-state index is -0.308. The van der Waals surface area contributed by atoms with Crippen molar-refractivity contribution in [2.24, 2.45) is 5.92 Å². The fraction of sp³-hybridized carbons (Fsp3) is 0.125. The Morgan fingerprint density at radius 1 is 0.577 bits per heavy atom. The Balaban J connectivity index is 1.22. The molecule has 0 N–H and O–H groups in total. The van der Waals surface area contributed by atoms with Crippen LogP contribution in [0.2, 0.25) is 0 Å². The monoisotopic (exact) mass is 674 g/mol. The summed E-state index contributed by atoms with van der Waals surface area (Å²) in [5.74, 6) is -0.283. The van der Waals surface area contributed by atoms with E-state index in [9.17, 15) is 9.59 Å². The number of benzene rings is 6. The van der Waals surface area contributed by atoms with E-state index in [1.807, 2.05) is 72.8 Å². The molecule has 7 aromatic rings. The molecule has 4 nitrogen and oxygen atoms in total. The molecule has 1 unspecified atom stereocenters. The van der Waals surface area contributed by atoms with Crippen molar-refractivity contribution in [1.82, 2.24) is 4.57 Å². The van der Waals surface area contributed by atoms with Crippen molar-refractivity contribution in [1.29, 1.82) is 0 Å². The van der Waals surface area contributed by atoms with Gasteiger partial charge in [-0.2, -0.15) is 0 Å². The highest BCUT2D eigenvalue weighted by Crippen LogP contribution is 2.43. The fourth-order valence-corrected chi connectivity index (χ4v) is 8.52. The molecule has 0 bridgehead atoms. The van der Waals surface area contributed by atoms with Gasteiger partial charge in [0.2, 0.25) is 0 Å². The van der Waals surface area contributed by atoms with Crippen molar-refractivity contribution < 1.29 is 9.59 Å². The van der Waals surface area contributed by atoms with Crippen molar-refractivity contribution in [3.63, 3.8) is 0 Å². The molecule has 0 saturated heterocycles. The Morgan fingerprint density at radius 3 is 2.00 bits per heavy atom. The van der Waals surface area contributed by atoms with Gasteiger partial charge in [-0.05, 0) is 108 Å². The number of allylic oxidation sites excluding steroid dienone is 1. The molecular formula is C48H38N2O2. The predicted molar refractivity (Wildman–Crippen MR) is 213 cm³/mol. The molecule has 2 aliphatic rings. The van der Waals surface area contributed by atoms with E-state index in [0.717, 1.165) is 51.0 Å². The second-order valence-electron chi connectivity index (χ2n) is 14.4. The van der Waals surface area contributed by atoms with Crippen LogP contribution >= 0.6 is 0 Å². The van der Waals surface area contributed by atoms with Gasteiger partial charge in [0.15, 0.2) is 0 Å². The maximum absolute atomic E-state index is 14.8. The molecular weight excluding hydrogens is 637 g/mol. The topological polar surface area (TPSA) is 42.3 Å². The van der Waals surface area contributed by atoms with Crippen molar-refractivity contribution in [3.8, 4) is 39.1 Å². The number of anilines is 1. The number of carbonyl (C=O) groups is 2. The van der Waals surface area contributed by atoms with Gasteiger partial charge >= 0.3 is 0 Å². The van der Waals surface area contributed by atoms with Crippen LogP contribution in [0.4, 0.5) is 5.69 Å². The molecule has 0 spiro atoms. The van der Waals surface area contributed by atoms with Crippen LogP contribution in [0.3, 0.4) is 0 Å². The van der Waals surface area contributed by atoms with Crippen molar-refractivity contribution >= 4 is 34.5 Å². The lowest BCUT2D eigenvalue weighted by Gasteiger charge is -2.21. The summed E-state index contributed by atoms with van der Waals surface area (Å²) in [5, 5.41) is 1.14. The molecule has 1 aromatic heterocycles. The molecule has 6 aromatic carbocycles. The van der Waals surface area contributed by atoms with Crippen LogP contribution < -0.4 is 4.90 Å². The summed E-state index contributed by atoms with van der Waals surface area (Å²) >= 11 is 0. The van der Waals surface area contributed by atoms with E-state index in [1.165, 1.54) is 38.3 Å². The lowest BCUT2D eigenvalue weighted by molar-refractivity contribution is 0.0926. The molecule has 0 fully saturated rings. The van der Waals surface area contributed by atoms with Crippen LogP contribution in [0.1, 0.15) is 55.6 Å². The van der Waals surface area contributed by atoms with Crippen LogP contribution in [0.15, 0.2) is 133 Å². The Labute approximate surface area is 304 Å². The number of fused-ring (bicyclic) bond motifs is 4. The first-order valence-corrected chi connectivity index (χ1v) is 18.0. The molecule has 9 rings (SSSR count). The highest BCUT2D eigenvalue weighted by Gasteiger charge is 2.41. The largest absolute Gasteiger partial charge is 0.312 e. The highest BCUT2D eigenvalue weighted by atomic mass is 16.2. The zero-order chi connectivity index (χ0) is 35.7. The van der Waals surface area contributed by atoms with E-state index in [0.29, 0.717) is 22.7 Å². The Kier molecular flexibility index (Phi) is 7.44. The number of hydrogen-bond acceptors (Lipinski definition) is 2. The Hall–Kier alpha value is -6.26. The molecule has 52 heavy (non-hydrogen) atoms. The van der Waals surface area contributed by atoms with E-state index >= 15 is 0 Å². The maximum Gasteiger partial charge on any atom is 0.268 e. The molecule has 0 radical (unpaired) electrons. The van der Waals surface area contributed by atoms with Gasteiger partial charge in [-0.1, -0.05) is 116 Å². The summed E-state index contributed by atoms with van der Waals surface area (Å²) in [6.45, 7) is 8.73. The zero-order valence-electron chi connectivity index (χ0n) is 29.8. The number of aryl methyl sites for hydroxylation is 3. The average Bonchev–Trinajstić information content (AvgIpc) is 3.61. The highest BCUT2D eigenvalue weighted by molar-refractivity contribution is 6.36. The summed E-state index contributed by atoms with van der Waals surface area (Å²) in [4.78, 5) is 30.7. The maximum atomic E-state index is 14.8. The second kappa shape index (κ2) is 12.2. The Bertz CT molecular complexity index is 2600. The minimum absolute atomic E-state index is 0.308. The fourth-order valence-electron chi connectivity index (χ4n) is 8.52. The van der Waals surface area contributed by atoms with Gasteiger partial charge in [0, 0.05) is 22.2 Å². The van der Waals surface area contributed by atoms with E-state index in [4.69, 9.17) is 0 Å². The summed E-state index contributed by atoms with van der Waals surface area (Å²) in [5.41, 5.74) is 15.6. The number of nitrogens with zero attached hydrogens (tertiary/aromatic N) is 2. The summed E-state index contributed by atoms with van der Waals surface area (Å²) < 4.78 is 2.24. The summed E-state index contributed by atoms with van der Waals surface area (Å²) in [7, 11) is 0. The van der Waals surface area contributed by atoms with Gasteiger partial charge in [0.25, 0.3) is 11.8 Å². The van der Waals surface area contributed by atoms with Crippen LogP contribution in [0.25, 0.3) is 56.0 Å². The molecule has 0 saturated carbocycles. The molecule has 1 aliphatic carbocycles. The molecule has 1 aliphatic heterocycles. The van der Waals surface area contributed by atoms with Crippen LogP contribution in [-0.2, 0) is 6.42 Å². The van der Waals surface area contributed by atoms with Crippen LogP contribution in [0, 0.1) is 26.7 Å². The van der Waals surface area contributed by atoms with E-state index in [2.05, 4.69) is 92.9 Å². The van der Waals surface area contributed by atoms with Crippen LogP contribution in [0.5, 0.6) is 0 Å². The number of aromatic nitrogens is 1. The lowest BCUT2D eigenvalue weighted by atomic mass is 9.91. The number of imide groups is 1. The standard InChI is InChI=1S/C48H38N2O2/c1-29-18-21-37-40-28-36(45-31(3)24-30(2)25-32(45)4)20-23-42(40)49(44(37)26-29)43-17-11-16-38-46(43)48(52)50(47(38)51)41-22-19-35(33-12-7-5-8-13-33)27-39(41)34-14-9-6-10-15-34/h5-25,27-29H,26H2,1-4H3. The Morgan fingerprint density at radius 2 is 1.27 bits per heavy atom. The van der Waals surface area contributed by atoms with Gasteiger partial charge in [-0.3, -0.25) is 9.59 Å². The molecule has 2 amide bonds. The van der Waals surface area contributed by atoms with E-state index < -0.39 is 0 Å². The lowest BCUT2D eigenvalue weighted by Crippen LogP contribution is -2.30. The number of rotatable bonds is 5. The third-order valence-corrected chi connectivity index (χ3v) is 10.7. The first-order chi connectivity index (χ1) is 25.3. The third kappa shape index (κ3) is 4.97. The van der Waals surface area contributed by atoms with Gasteiger partial charge in [0.1, 0.15) is 0 Å². The number of carbonyl (C=O) groups excluding carboxylic acids is 2. The smallest absolute Gasteiger partial charge is 0.268 e. The molecule has 2 heterocycles. The first kappa shape index (κ1) is 31.7. The van der Waals surface area contributed by atoms with Crippen LogP contribution in [-0.4, -0.2) is 16.4 Å². The second-order valence-corrected chi connectivity index (χ2v) is 14.4.